The van der Waals surface area contributed by atoms with E-state index < -0.39 is 41.1 Å². The molecule has 0 saturated carbocycles. The van der Waals surface area contributed by atoms with Gasteiger partial charge in [-0.2, -0.15) is 13.2 Å². The van der Waals surface area contributed by atoms with Gasteiger partial charge in [-0.05, 0) is 36.6 Å². The van der Waals surface area contributed by atoms with E-state index in [9.17, 15) is 32.7 Å². The van der Waals surface area contributed by atoms with Crippen molar-refractivity contribution in [3.63, 3.8) is 0 Å². The number of hydrogen-bond acceptors (Lipinski definition) is 17. The van der Waals surface area contributed by atoms with Gasteiger partial charge >= 0.3 is 18.2 Å². The molecule has 69 heavy (non-hydrogen) atoms. The molecule has 388 valence electrons. The normalized spacial score (nSPS) is 15.0. The van der Waals surface area contributed by atoms with E-state index in [4.69, 9.17) is 66.7 Å². The van der Waals surface area contributed by atoms with Crippen LogP contribution in [0, 0.1) is 0 Å². The lowest BCUT2D eigenvalue weighted by molar-refractivity contribution is -0.178. The first-order valence-electron chi connectivity index (χ1n) is 22.6. The number of alkyl halides is 3. The number of carboxylic acids is 1. The quantitative estimate of drug-likeness (QED) is 0.0692. The van der Waals surface area contributed by atoms with Gasteiger partial charge in [0.05, 0.1) is 171 Å². The minimum absolute atomic E-state index is 0.00207. The highest BCUT2D eigenvalue weighted by molar-refractivity contribution is 5.95. The molecule has 3 aromatic rings. The largest absolute Gasteiger partial charge is 0.479 e. The molecule has 2 aromatic carbocycles. The molecule has 3 N–H and O–H groups in total. The van der Waals surface area contributed by atoms with Crippen molar-refractivity contribution in [2.45, 2.75) is 24.8 Å². The zero-order valence-electron chi connectivity index (χ0n) is 38.9. The molecule has 0 spiro atoms. The predicted molar refractivity (Wildman–Crippen MR) is 241 cm³/mol. The van der Waals surface area contributed by atoms with E-state index in [2.05, 4.69) is 4.98 Å². The Hall–Kier alpha value is -4.34. The number of H-pyrrole nitrogens is 1. The summed E-state index contributed by atoms with van der Waals surface area (Å²) >= 11 is 0. The van der Waals surface area contributed by atoms with Crippen LogP contribution in [-0.4, -0.2) is 204 Å². The maximum Gasteiger partial charge on any atom is 0.417 e. The number of aromatic amines is 1. The maximum atomic E-state index is 13.7. The van der Waals surface area contributed by atoms with Crippen LogP contribution in [0.5, 0.6) is 0 Å². The third-order valence-electron chi connectivity index (χ3n) is 10.1. The number of aliphatic hydroxyl groups is 1. The van der Waals surface area contributed by atoms with Crippen molar-refractivity contribution in [1.29, 1.82) is 0 Å². The summed E-state index contributed by atoms with van der Waals surface area (Å²) in [6.07, 6.45) is -6.76. The Labute approximate surface area is 398 Å². The molecule has 1 unspecified atom stereocenters. The molecule has 1 amide bonds. The summed E-state index contributed by atoms with van der Waals surface area (Å²) in [6.45, 7) is 9.46. The zero-order valence-corrected chi connectivity index (χ0v) is 38.9. The Bertz CT molecular complexity index is 1980. The molecule has 1 aromatic heterocycles. The van der Waals surface area contributed by atoms with Gasteiger partial charge in [-0.25, -0.2) is 9.59 Å². The van der Waals surface area contributed by atoms with E-state index in [1.54, 1.807) is 0 Å². The number of nitrogens with zero attached hydrogens (tertiary/aromatic N) is 1. The summed E-state index contributed by atoms with van der Waals surface area (Å²) in [5, 5.41) is 19.1. The summed E-state index contributed by atoms with van der Waals surface area (Å²) in [5.74, 6) is -1.37. The lowest BCUT2D eigenvalue weighted by Crippen LogP contribution is -2.51. The standard InChI is InChI=1S/C46H65F3N2O18/c1-45(43(54)55,41-34-51(44(56)69-41)36-7-6-35-32-40(50-42(53)38(35)33-36)37-4-2-3-5-39(37)46(47,48)49)68-31-30-67-29-28-66-27-26-65-25-24-64-23-22-63-21-20-62-19-18-61-17-16-60-15-14-59-13-12-58-11-10-57-9-8-52/h2-7,32-33,41,52H,8-31,34H2,1H3,(H,50,53)(H,54,55)/t41?,45-/m0/s1. The van der Waals surface area contributed by atoms with Gasteiger partial charge in [0.15, 0.2) is 6.10 Å². The number of carbonyl (C=O) groups excluding carboxylic acids is 1. The fourth-order valence-electron chi connectivity index (χ4n) is 6.46. The van der Waals surface area contributed by atoms with Gasteiger partial charge in [0, 0.05) is 22.3 Å². The number of rotatable bonds is 40. The highest BCUT2D eigenvalue weighted by Gasteiger charge is 2.51. The fourth-order valence-corrected chi connectivity index (χ4v) is 6.46. The van der Waals surface area contributed by atoms with Gasteiger partial charge in [-0.3, -0.25) is 9.69 Å². The number of aromatic nitrogens is 1. The van der Waals surface area contributed by atoms with Crippen LogP contribution in [0.2, 0.25) is 0 Å². The van der Waals surface area contributed by atoms with Crippen LogP contribution in [0.3, 0.4) is 0 Å². The lowest BCUT2D eigenvalue weighted by Gasteiger charge is -2.29. The molecule has 23 heteroatoms. The molecular weight excluding hydrogens is 925 g/mol. The summed E-state index contributed by atoms with van der Waals surface area (Å²) in [7, 11) is 0. The number of ether oxygens (including phenoxy) is 13. The first-order valence-corrected chi connectivity index (χ1v) is 22.6. The van der Waals surface area contributed by atoms with Crippen molar-refractivity contribution in [3.05, 3.63) is 64.4 Å². The van der Waals surface area contributed by atoms with Gasteiger partial charge in [0.2, 0.25) is 5.60 Å². The smallest absolute Gasteiger partial charge is 0.417 e. The number of cyclic esters (lactones) is 1. The molecule has 1 aliphatic heterocycles. The number of carboxylic acid groups (broad SMARTS) is 1. The molecular formula is C46H65F3N2O18. The molecule has 1 saturated heterocycles. The molecule has 2 heterocycles. The van der Waals surface area contributed by atoms with Gasteiger partial charge in [0.1, 0.15) is 0 Å². The average Bonchev–Trinajstić information content (AvgIpc) is 3.74. The Morgan fingerprint density at radius 2 is 1.06 bits per heavy atom. The van der Waals surface area contributed by atoms with Crippen molar-refractivity contribution in [2.75, 3.05) is 170 Å². The Balaban J connectivity index is 0.947. The van der Waals surface area contributed by atoms with Gasteiger partial charge in [0.25, 0.3) is 5.56 Å². The van der Waals surface area contributed by atoms with Crippen LogP contribution < -0.4 is 10.5 Å². The number of hydrogen-bond donors (Lipinski definition) is 3. The number of amides is 1. The zero-order chi connectivity index (χ0) is 49.6. The van der Waals surface area contributed by atoms with E-state index in [-0.39, 0.29) is 61.9 Å². The first-order chi connectivity index (χ1) is 33.5. The number of halogens is 3. The molecule has 0 radical (unpaired) electrons. The molecule has 4 rings (SSSR count). The number of anilines is 1. The van der Waals surface area contributed by atoms with Crippen molar-refractivity contribution in [3.8, 4) is 11.3 Å². The van der Waals surface area contributed by atoms with Crippen LogP contribution in [-0.2, 0) is 72.6 Å². The second-order valence-electron chi connectivity index (χ2n) is 15.0. The van der Waals surface area contributed by atoms with Crippen molar-refractivity contribution < 1.29 is 94.6 Å². The molecule has 0 aliphatic carbocycles. The van der Waals surface area contributed by atoms with Crippen LogP contribution >= 0.6 is 0 Å². The van der Waals surface area contributed by atoms with Crippen molar-refractivity contribution >= 4 is 28.5 Å². The van der Waals surface area contributed by atoms with Crippen LogP contribution in [0.1, 0.15) is 12.5 Å². The summed E-state index contributed by atoms with van der Waals surface area (Å²) in [5.41, 5.74) is -3.55. The van der Waals surface area contributed by atoms with Gasteiger partial charge in [-0.15, -0.1) is 0 Å². The Kier molecular flexibility index (Phi) is 27.0. The molecule has 0 bridgehead atoms. The molecule has 2 atom stereocenters. The van der Waals surface area contributed by atoms with E-state index in [0.717, 1.165) is 11.0 Å². The first kappa shape index (κ1) is 57.2. The number of aliphatic hydroxyl groups excluding tert-OH is 1. The SMILES string of the molecule is C[C@@](OCCOCCOCCOCCOCCOCCOCCOCCOCCOCCOCCOCCO)(C(=O)O)C1CN(c2ccc3cc(-c4ccccc4C(F)(F)F)[nH]c(=O)c3c2)C(=O)O1. The second kappa shape index (κ2) is 32.5. The summed E-state index contributed by atoms with van der Waals surface area (Å²) < 4.78 is 112. The van der Waals surface area contributed by atoms with E-state index >= 15 is 0 Å². The van der Waals surface area contributed by atoms with Crippen LogP contribution in [0.4, 0.5) is 23.7 Å². The molecule has 20 nitrogen and oxygen atoms in total. The maximum absolute atomic E-state index is 13.7. The number of pyridine rings is 1. The molecule has 1 aliphatic rings. The van der Waals surface area contributed by atoms with Crippen molar-refractivity contribution in [1.82, 2.24) is 4.98 Å². The number of fused-ring (bicyclic) bond motifs is 1. The average molecular weight is 991 g/mol. The summed E-state index contributed by atoms with van der Waals surface area (Å²) in [4.78, 5) is 42.1. The van der Waals surface area contributed by atoms with Gasteiger partial charge in [-0.1, -0.05) is 24.3 Å². The highest BCUT2D eigenvalue weighted by Crippen LogP contribution is 2.37. The number of nitrogens with one attached hydrogen (secondary N) is 1. The van der Waals surface area contributed by atoms with Crippen LogP contribution in [0.25, 0.3) is 22.0 Å². The van der Waals surface area contributed by atoms with E-state index in [1.165, 1.54) is 49.4 Å². The van der Waals surface area contributed by atoms with Gasteiger partial charge < -0.3 is 76.8 Å². The second-order valence-corrected chi connectivity index (χ2v) is 15.0. The third kappa shape index (κ3) is 20.9. The number of carbonyl (C=O) groups is 2. The topological polar surface area (TPSA) is 231 Å². The highest BCUT2D eigenvalue weighted by atomic mass is 19.4. The number of aliphatic carboxylic acids is 1. The molecule has 1 fully saturated rings. The Morgan fingerprint density at radius 3 is 1.48 bits per heavy atom. The minimum atomic E-state index is -4.65. The van der Waals surface area contributed by atoms with Crippen molar-refractivity contribution in [2.24, 2.45) is 0 Å². The fraction of sp³-hybridized carbons (Fsp3) is 0.630. The van der Waals surface area contributed by atoms with E-state index in [0.29, 0.717) is 131 Å². The van der Waals surface area contributed by atoms with E-state index in [1.807, 2.05) is 0 Å². The monoisotopic (exact) mass is 990 g/mol. The Morgan fingerprint density at radius 1 is 0.638 bits per heavy atom. The third-order valence-corrected chi connectivity index (χ3v) is 10.1. The summed E-state index contributed by atoms with van der Waals surface area (Å²) in [6, 6.07) is 10.6. The predicted octanol–water partition coefficient (Wildman–Crippen LogP) is 3.57. The number of benzene rings is 2. The minimum Gasteiger partial charge on any atom is -0.479 e. The lowest BCUT2D eigenvalue weighted by atomic mass is 9.98. The van der Waals surface area contributed by atoms with Crippen LogP contribution in [0.15, 0.2) is 53.3 Å².